The third kappa shape index (κ3) is 10.8. The summed E-state index contributed by atoms with van der Waals surface area (Å²) in [4.78, 5) is 11.1. The van der Waals surface area contributed by atoms with Crippen LogP contribution < -0.4 is 10.6 Å². The first-order valence-electron chi connectivity index (χ1n) is 5.14. The van der Waals surface area contributed by atoms with E-state index in [1.165, 1.54) is 0 Å². The van der Waals surface area contributed by atoms with Gasteiger partial charge in [-0.3, -0.25) is 4.79 Å². The maximum atomic E-state index is 11.1. The molecule has 5 heteroatoms. The fraction of sp³-hybridized carbons (Fsp3) is 0.800. The molecule has 0 fully saturated rings. The Morgan fingerprint density at radius 2 is 2.20 bits per heavy atom. The van der Waals surface area contributed by atoms with Crippen molar-refractivity contribution in [3.63, 3.8) is 0 Å². The quantitative estimate of drug-likeness (QED) is 0.530. The van der Waals surface area contributed by atoms with Crippen LogP contribution in [0, 0.1) is 11.3 Å². The Hall–Kier alpha value is -1.12. The van der Waals surface area contributed by atoms with E-state index in [1.807, 2.05) is 6.07 Å². The Morgan fingerprint density at radius 3 is 2.87 bits per heavy atom. The zero-order valence-corrected chi connectivity index (χ0v) is 9.21. The predicted octanol–water partition coefficient (Wildman–Crippen LogP) is 0.0325. The maximum absolute atomic E-state index is 11.1. The molecule has 0 aromatic carbocycles. The minimum atomic E-state index is -0.0583. The van der Waals surface area contributed by atoms with E-state index in [0.29, 0.717) is 19.5 Å². The molecule has 0 heterocycles. The topological polar surface area (TPSA) is 74.2 Å². The summed E-state index contributed by atoms with van der Waals surface area (Å²) in [6.07, 6.45) is 2.36. The maximum Gasteiger partial charge on any atom is 0.233 e. The van der Waals surface area contributed by atoms with Gasteiger partial charge in [0.2, 0.25) is 5.91 Å². The molecule has 0 aliphatic rings. The van der Waals surface area contributed by atoms with Crippen LogP contribution in [0.5, 0.6) is 0 Å². The Bertz CT molecular complexity index is 201. The molecule has 0 saturated heterocycles. The van der Waals surface area contributed by atoms with Crippen molar-refractivity contribution in [2.24, 2.45) is 0 Å². The van der Waals surface area contributed by atoms with Crippen molar-refractivity contribution in [2.45, 2.75) is 19.3 Å². The van der Waals surface area contributed by atoms with E-state index in [-0.39, 0.29) is 5.91 Å². The standard InChI is InChI=1S/C10H19N3O2/c1-15-8-3-2-6-12-9-10(14)13-7-4-5-11/h12H,2-4,6-9H2,1H3,(H,13,14). The lowest BCUT2D eigenvalue weighted by Gasteiger charge is -2.04. The second-order valence-corrected chi connectivity index (χ2v) is 3.13. The number of carbonyl (C=O) groups excluding carboxylic acids is 1. The summed E-state index contributed by atoms with van der Waals surface area (Å²) < 4.78 is 4.90. The van der Waals surface area contributed by atoms with E-state index in [9.17, 15) is 4.79 Å². The molecule has 0 saturated carbocycles. The minimum absolute atomic E-state index is 0.0583. The number of carbonyl (C=O) groups is 1. The Labute approximate surface area is 90.8 Å². The van der Waals surface area contributed by atoms with Crippen LogP contribution in [0.4, 0.5) is 0 Å². The van der Waals surface area contributed by atoms with Gasteiger partial charge in [-0.05, 0) is 19.4 Å². The largest absolute Gasteiger partial charge is 0.385 e. The van der Waals surface area contributed by atoms with Crippen LogP contribution in [0.1, 0.15) is 19.3 Å². The van der Waals surface area contributed by atoms with Crippen molar-refractivity contribution in [2.75, 3.05) is 33.4 Å². The zero-order chi connectivity index (χ0) is 11.4. The molecule has 0 spiro atoms. The number of hydrogen-bond acceptors (Lipinski definition) is 4. The molecule has 0 bridgehead atoms. The minimum Gasteiger partial charge on any atom is -0.385 e. The van der Waals surface area contributed by atoms with Crippen LogP contribution in [-0.4, -0.2) is 39.3 Å². The van der Waals surface area contributed by atoms with Crippen molar-refractivity contribution in [3.05, 3.63) is 0 Å². The smallest absolute Gasteiger partial charge is 0.233 e. The van der Waals surface area contributed by atoms with E-state index in [2.05, 4.69) is 10.6 Å². The third-order valence-corrected chi connectivity index (χ3v) is 1.80. The summed E-state index contributed by atoms with van der Waals surface area (Å²) >= 11 is 0. The number of unbranched alkanes of at least 4 members (excludes halogenated alkanes) is 1. The van der Waals surface area contributed by atoms with Crippen LogP contribution in [0.25, 0.3) is 0 Å². The number of nitrogens with one attached hydrogen (secondary N) is 2. The molecular weight excluding hydrogens is 194 g/mol. The van der Waals surface area contributed by atoms with Gasteiger partial charge in [-0.1, -0.05) is 0 Å². The van der Waals surface area contributed by atoms with Crippen molar-refractivity contribution >= 4 is 5.91 Å². The van der Waals surface area contributed by atoms with E-state index in [0.717, 1.165) is 26.0 Å². The number of amides is 1. The van der Waals surface area contributed by atoms with Gasteiger partial charge in [0.25, 0.3) is 0 Å². The normalized spacial score (nSPS) is 9.60. The Morgan fingerprint density at radius 1 is 1.40 bits per heavy atom. The second-order valence-electron chi connectivity index (χ2n) is 3.13. The highest BCUT2D eigenvalue weighted by molar-refractivity contribution is 5.77. The first-order valence-corrected chi connectivity index (χ1v) is 5.14. The summed E-state index contributed by atoms with van der Waals surface area (Å²) in [5, 5.41) is 13.9. The van der Waals surface area contributed by atoms with Gasteiger partial charge in [0, 0.05) is 20.3 Å². The van der Waals surface area contributed by atoms with Crippen molar-refractivity contribution < 1.29 is 9.53 Å². The molecule has 0 unspecified atom stereocenters. The molecule has 0 aromatic rings. The molecule has 0 rings (SSSR count). The van der Waals surface area contributed by atoms with Crippen LogP contribution in [-0.2, 0) is 9.53 Å². The summed E-state index contributed by atoms with van der Waals surface area (Å²) in [6, 6.07) is 1.96. The first-order chi connectivity index (χ1) is 7.31. The van der Waals surface area contributed by atoms with Gasteiger partial charge < -0.3 is 15.4 Å². The Kier molecular flexibility index (Phi) is 10.1. The van der Waals surface area contributed by atoms with E-state index >= 15 is 0 Å². The van der Waals surface area contributed by atoms with Crippen molar-refractivity contribution in [3.8, 4) is 6.07 Å². The van der Waals surface area contributed by atoms with Gasteiger partial charge in [0.1, 0.15) is 0 Å². The average molecular weight is 213 g/mol. The summed E-state index contributed by atoms with van der Waals surface area (Å²) in [5.41, 5.74) is 0. The lowest BCUT2D eigenvalue weighted by molar-refractivity contribution is -0.120. The number of rotatable bonds is 9. The van der Waals surface area contributed by atoms with Gasteiger partial charge in [0.15, 0.2) is 0 Å². The van der Waals surface area contributed by atoms with Gasteiger partial charge in [-0.25, -0.2) is 0 Å². The highest BCUT2D eigenvalue weighted by atomic mass is 16.5. The number of nitriles is 1. The van der Waals surface area contributed by atoms with Crippen LogP contribution >= 0.6 is 0 Å². The third-order valence-electron chi connectivity index (χ3n) is 1.80. The molecule has 0 aliphatic heterocycles. The highest BCUT2D eigenvalue weighted by Crippen LogP contribution is 1.86. The predicted molar refractivity (Wildman–Crippen MR) is 57.2 cm³/mol. The fourth-order valence-electron chi connectivity index (χ4n) is 1.02. The molecule has 86 valence electrons. The lowest BCUT2D eigenvalue weighted by atomic mass is 10.3. The van der Waals surface area contributed by atoms with Gasteiger partial charge in [-0.2, -0.15) is 5.26 Å². The number of nitrogens with zero attached hydrogens (tertiary/aromatic N) is 1. The summed E-state index contributed by atoms with van der Waals surface area (Å²) in [5.74, 6) is -0.0583. The van der Waals surface area contributed by atoms with Crippen LogP contribution in [0.3, 0.4) is 0 Å². The molecule has 0 atom stereocenters. The second kappa shape index (κ2) is 11.0. The van der Waals surface area contributed by atoms with Crippen LogP contribution in [0.15, 0.2) is 0 Å². The first kappa shape index (κ1) is 13.9. The van der Waals surface area contributed by atoms with Gasteiger partial charge in [0.05, 0.1) is 19.0 Å². The SMILES string of the molecule is COCCCCNCC(=O)NCCC#N. The van der Waals surface area contributed by atoms with Crippen molar-refractivity contribution in [1.29, 1.82) is 5.26 Å². The molecule has 0 aromatic heterocycles. The van der Waals surface area contributed by atoms with Crippen molar-refractivity contribution in [1.82, 2.24) is 10.6 Å². The molecule has 1 amide bonds. The Balaban J connectivity index is 3.14. The summed E-state index contributed by atoms with van der Waals surface area (Å²) in [7, 11) is 1.68. The van der Waals surface area contributed by atoms with Gasteiger partial charge >= 0.3 is 0 Å². The molecule has 15 heavy (non-hydrogen) atoms. The van der Waals surface area contributed by atoms with Gasteiger partial charge in [-0.15, -0.1) is 0 Å². The fourth-order valence-corrected chi connectivity index (χ4v) is 1.02. The van der Waals surface area contributed by atoms with E-state index in [4.69, 9.17) is 10.00 Å². The lowest BCUT2D eigenvalue weighted by Crippen LogP contribution is -2.34. The molecule has 5 nitrogen and oxygen atoms in total. The average Bonchev–Trinajstić information content (AvgIpc) is 2.23. The molecule has 0 aliphatic carbocycles. The monoisotopic (exact) mass is 213 g/mol. The van der Waals surface area contributed by atoms with E-state index in [1.54, 1.807) is 7.11 Å². The highest BCUT2D eigenvalue weighted by Gasteiger charge is 1.98. The van der Waals surface area contributed by atoms with Crippen LogP contribution in [0.2, 0.25) is 0 Å². The molecular formula is C10H19N3O2. The number of hydrogen-bond donors (Lipinski definition) is 2. The zero-order valence-electron chi connectivity index (χ0n) is 9.21. The molecule has 0 radical (unpaired) electrons. The number of methoxy groups -OCH3 is 1. The molecule has 2 N–H and O–H groups in total. The number of ether oxygens (including phenoxy) is 1. The summed E-state index contributed by atoms with van der Waals surface area (Å²) in [6.45, 7) is 2.32. The van der Waals surface area contributed by atoms with E-state index < -0.39 is 0 Å².